The Morgan fingerprint density at radius 1 is 1.09 bits per heavy atom. The summed E-state index contributed by atoms with van der Waals surface area (Å²) in [6.07, 6.45) is 5.21. The zero-order chi connectivity index (χ0) is 22.3. The molecule has 7 nitrogen and oxygen atoms in total. The van der Waals surface area contributed by atoms with Crippen LogP contribution in [0, 0.1) is 0 Å². The van der Waals surface area contributed by atoms with Crippen molar-refractivity contribution in [2.75, 3.05) is 27.2 Å². The summed E-state index contributed by atoms with van der Waals surface area (Å²) in [7, 11) is 3.35. The molecule has 0 spiro atoms. The minimum absolute atomic E-state index is 0.0764. The molecule has 1 aromatic heterocycles. The molecule has 0 radical (unpaired) electrons. The number of ether oxygens (including phenoxy) is 1. The van der Waals surface area contributed by atoms with Gasteiger partial charge in [-0.15, -0.1) is 0 Å². The van der Waals surface area contributed by atoms with Crippen molar-refractivity contribution in [3.05, 3.63) is 65.5 Å². The third-order valence-corrected chi connectivity index (χ3v) is 5.82. The van der Waals surface area contributed by atoms with Gasteiger partial charge in [-0.1, -0.05) is 42.3 Å². The fourth-order valence-corrected chi connectivity index (χ4v) is 4.00. The van der Waals surface area contributed by atoms with Crippen LogP contribution in [0.2, 0.25) is 0 Å². The summed E-state index contributed by atoms with van der Waals surface area (Å²) < 4.78 is 10.6. The zero-order valence-electron chi connectivity index (χ0n) is 18.8. The van der Waals surface area contributed by atoms with Crippen LogP contribution in [0.1, 0.15) is 47.5 Å². The maximum absolute atomic E-state index is 12.9. The number of benzene rings is 2. The minimum atomic E-state index is -0.0764. The van der Waals surface area contributed by atoms with Crippen molar-refractivity contribution in [3.8, 4) is 17.1 Å². The van der Waals surface area contributed by atoms with Crippen LogP contribution in [0.15, 0.2) is 53.1 Å². The van der Waals surface area contributed by atoms with Gasteiger partial charge in [-0.3, -0.25) is 9.69 Å². The van der Waals surface area contributed by atoms with Gasteiger partial charge in [-0.05, 0) is 55.8 Å². The number of aromatic nitrogens is 2. The normalized spacial score (nSPS) is 14.7. The Morgan fingerprint density at radius 3 is 2.56 bits per heavy atom. The molecular formula is C25H30N4O3. The molecule has 2 aromatic carbocycles. The first-order chi connectivity index (χ1) is 15.6. The Kier molecular flexibility index (Phi) is 7.17. The number of rotatable bonds is 7. The molecular weight excluding hydrogens is 404 g/mol. The van der Waals surface area contributed by atoms with Gasteiger partial charge in [0.2, 0.25) is 11.7 Å². The van der Waals surface area contributed by atoms with Crippen molar-refractivity contribution in [2.45, 2.75) is 38.8 Å². The van der Waals surface area contributed by atoms with Crippen LogP contribution in [-0.2, 0) is 13.1 Å². The summed E-state index contributed by atoms with van der Waals surface area (Å²) in [6.45, 7) is 3.50. The Labute approximate surface area is 189 Å². The van der Waals surface area contributed by atoms with Gasteiger partial charge in [0.15, 0.2) is 0 Å². The Morgan fingerprint density at radius 2 is 1.84 bits per heavy atom. The lowest BCUT2D eigenvalue weighted by Crippen LogP contribution is -2.26. The molecule has 3 aromatic rings. The van der Waals surface area contributed by atoms with E-state index in [-0.39, 0.29) is 12.5 Å². The van der Waals surface area contributed by atoms with E-state index in [1.54, 1.807) is 19.1 Å². The van der Waals surface area contributed by atoms with Gasteiger partial charge in [-0.2, -0.15) is 4.98 Å². The highest BCUT2D eigenvalue weighted by molar-refractivity contribution is 5.94. The highest BCUT2D eigenvalue weighted by Crippen LogP contribution is 2.22. The smallest absolute Gasteiger partial charge is 0.254 e. The van der Waals surface area contributed by atoms with Gasteiger partial charge >= 0.3 is 0 Å². The number of likely N-dealkylation sites (tertiary alicyclic amines) is 1. The average molecular weight is 435 g/mol. The molecule has 0 unspecified atom stereocenters. The predicted molar refractivity (Wildman–Crippen MR) is 122 cm³/mol. The van der Waals surface area contributed by atoms with Crippen LogP contribution in [-0.4, -0.2) is 53.1 Å². The summed E-state index contributed by atoms with van der Waals surface area (Å²) in [4.78, 5) is 21.4. The quantitative estimate of drug-likeness (QED) is 0.549. The average Bonchev–Trinajstić information content (AvgIpc) is 3.14. The number of carbonyl (C=O) groups excluding carboxylic acids is 1. The lowest BCUT2D eigenvalue weighted by atomic mass is 10.1. The topological polar surface area (TPSA) is 71.7 Å². The molecule has 1 saturated heterocycles. The number of hydrogen-bond donors (Lipinski definition) is 0. The van der Waals surface area contributed by atoms with Gasteiger partial charge in [-0.25, -0.2) is 0 Å². The van der Waals surface area contributed by atoms with E-state index in [2.05, 4.69) is 27.2 Å². The Bertz CT molecular complexity index is 1020. The maximum atomic E-state index is 12.9. The van der Waals surface area contributed by atoms with E-state index in [0.717, 1.165) is 30.9 Å². The molecule has 2 heterocycles. The number of hydrogen-bond acceptors (Lipinski definition) is 6. The van der Waals surface area contributed by atoms with Gasteiger partial charge < -0.3 is 14.2 Å². The fourth-order valence-electron chi connectivity index (χ4n) is 4.00. The highest BCUT2D eigenvalue weighted by Gasteiger charge is 2.17. The second kappa shape index (κ2) is 10.4. The van der Waals surface area contributed by atoms with Crippen molar-refractivity contribution in [2.24, 2.45) is 0 Å². The second-order valence-electron chi connectivity index (χ2n) is 8.29. The second-order valence-corrected chi connectivity index (χ2v) is 8.29. The largest absolute Gasteiger partial charge is 0.497 e. The minimum Gasteiger partial charge on any atom is -0.497 e. The number of methoxy groups -OCH3 is 1. The third kappa shape index (κ3) is 5.53. The van der Waals surface area contributed by atoms with Crippen LogP contribution in [0.5, 0.6) is 5.75 Å². The van der Waals surface area contributed by atoms with Crippen LogP contribution >= 0.6 is 0 Å². The Balaban J connectivity index is 1.36. The molecule has 1 fully saturated rings. The van der Waals surface area contributed by atoms with Crippen molar-refractivity contribution < 1.29 is 14.1 Å². The summed E-state index contributed by atoms with van der Waals surface area (Å²) in [5.41, 5.74) is 2.69. The summed E-state index contributed by atoms with van der Waals surface area (Å²) in [5.74, 6) is 1.50. The molecule has 4 rings (SSSR count). The SMILES string of the molecule is COc1cccc(-c2noc(CN(C)C(=O)c3ccc(CN4CCCCCC4)cc3)n2)c1. The van der Waals surface area contributed by atoms with E-state index in [1.807, 2.05) is 36.4 Å². The van der Waals surface area contributed by atoms with Crippen LogP contribution in [0.3, 0.4) is 0 Å². The Hall–Kier alpha value is -3.19. The summed E-state index contributed by atoms with van der Waals surface area (Å²) >= 11 is 0. The monoisotopic (exact) mass is 434 g/mol. The van der Waals surface area contributed by atoms with Crippen molar-refractivity contribution >= 4 is 5.91 Å². The maximum Gasteiger partial charge on any atom is 0.254 e. The van der Waals surface area contributed by atoms with Gasteiger partial charge in [0.1, 0.15) is 5.75 Å². The summed E-state index contributed by atoms with van der Waals surface area (Å²) in [6, 6.07) is 15.4. The van der Waals surface area contributed by atoms with Crippen molar-refractivity contribution in [1.82, 2.24) is 19.9 Å². The van der Waals surface area contributed by atoms with Crippen molar-refractivity contribution in [1.29, 1.82) is 0 Å². The number of carbonyl (C=O) groups is 1. The predicted octanol–water partition coefficient (Wildman–Crippen LogP) is 4.39. The van der Waals surface area contributed by atoms with Crippen LogP contribution < -0.4 is 4.74 Å². The molecule has 0 bridgehead atoms. The van der Waals surface area contributed by atoms with E-state index in [1.165, 1.54) is 31.2 Å². The molecule has 1 aliphatic rings. The molecule has 168 valence electrons. The van der Waals surface area contributed by atoms with Crippen molar-refractivity contribution in [3.63, 3.8) is 0 Å². The van der Waals surface area contributed by atoms with Gasteiger partial charge in [0, 0.05) is 24.7 Å². The molecule has 1 aliphatic heterocycles. The van der Waals surface area contributed by atoms with Crippen LogP contribution in [0.4, 0.5) is 0 Å². The van der Waals surface area contributed by atoms with E-state index < -0.39 is 0 Å². The lowest BCUT2D eigenvalue weighted by Gasteiger charge is -2.20. The molecule has 0 N–H and O–H groups in total. The van der Waals surface area contributed by atoms with E-state index >= 15 is 0 Å². The van der Waals surface area contributed by atoms with Crippen LogP contribution in [0.25, 0.3) is 11.4 Å². The highest BCUT2D eigenvalue weighted by atomic mass is 16.5. The van der Waals surface area contributed by atoms with E-state index in [4.69, 9.17) is 9.26 Å². The first-order valence-electron chi connectivity index (χ1n) is 11.2. The molecule has 0 aliphatic carbocycles. The molecule has 7 heteroatoms. The van der Waals surface area contributed by atoms with Gasteiger partial charge in [0.25, 0.3) is 5.91 Å². The third-order valence-electron chi connectivity index (χ3n) is 5.82. The number of nitrogens with zero attached hydrogens (tertiary/aromatic N) is 4. The molecule has 1 amide bonds. The fraction of sp³-hybridized carbons (Fsp3) is 0.400. The molecule has 32 heavy (non-hydrogen) atoms. The standard InChI is InChI=1S/C25H30N4O3/c1-28(18-23-26-24(27-32-23)21-8-7-9-22(16-21)31-2)25(30)20-12-10-19(11-13-20)17-29-14-5-3-4-6-15-29/h7-13,16H,3-6,14-15,17-18H2,1-2H3. The summed E-state index contributed by atoms with van der Waals surface area (Å²) in [5, 5.41) is 4.04. The first kappa shape index (κ1) is 22.0. The lowest BCUT2D eigenvalue weighted by molar-refractivity contribution is 0.0769. The molecule has 0 saturated carbocycles. The first-order valence-corrected chi connectivity index (χ1v) is 11.2. The van der Waals surface area contributed by atoms with Gasteiger partial charge in [0.05, 0.1) is 13.7 Å². The zero-order valence-corrected chi connectivity index (χ0v) is 18.8. The number of amides is 1. The molecule has 0 atom stereocenters. The van der Waals surface area contributed by atoms with E-state index in [9.17, 15) is 4.79 Å². The van der Waals surface area contributed by atoms with E-state index in [0.29, 0.717) is 17.3 Å².